The van der Waals surface area contributed by atoms with E-state index in [9.17, 15) is 53.0 Å². The molecule has 0 saturated heterocycles. The zero-order chi connectivity index (χ0) is 45.4. The minimum absolute atomic E-state index is 0.0197. The van der Waals surface area contributed by atoms with Gasteiger partial charge in [0.25, 0.3) is 40.5 Å². The molecule has 0 amide bonds. The molecule has 8 N–H and O–H groups in total. The smallest absolute Gasteiger partial charge is 0.299 e. The Morgan fingerprint density at radius 2 is 1.02 bits per heavy atom. The monoisotopic (exact) mass is 926 g/mol. The SMILES string of the molecule is COS(=O)(=O)c1cc(N=Nc2c(S(=O)(=O)OC)cc3cccc(N)c3c2O)ccc1/C=C/c1ccc(N=Nc2c(CS(=O)(=O)O)cc3cccc(N)c3c2O)cc1CS(=O)(=O)O. The fraction of sp³-hybridized carbons (Fsp3) is 0.105. The molecule has 0 atom stereocenters. The first-order valence-corrected chi connectivity index (χ1v) is 23.4. The number of hydrogen-bond acceptors (Lipinski definition) is 18. The summed E-state index contributed by atoms with van der Waals surface area (Å²) in [6.07, 6.45) is 2.59. The van der Waals surface area contributed by atoms with E-state index in [1.165, 1.54) is 72.8 Å². The molecular weight excluding hydrogens is 893 g/mol. The van der Waals surface area contributed by atoms with E-state index in [4.69, 9.17) is 15.7 Å². The van der Waals surface area contributed by atoms with E-state index in [0.29, 0.717) is 5.39 Å². The van der Waals surface area contributed by atoms with E-state index in [2.05, 4.69) is 24.6 Å². The normalized spacial score (nSPS) is 13.0. The molecule has 0 heterocycles. The fourth-order valence-corrected chi connectivity index (χ4v) is 9.24. The Bertz CT molecular complexity index is 3360. The predicted octanol–water partition coefficient (Wildman–Crippen LogP) is 7.02. The van der Waals surface area contributed by atoms with Crippen LogP contribution in [0.3, 0.4) is 0 Å². The molecule has 6 aromatic rings. The number of azo groups is 2. The van der Waals surface area contributed by atoms with Crippen LogP contribution >= 0.6 is 0 Å². The largest absolute Gasteiger partial charge is 0.505 e. The predicted molar refractivity (Wildman–Crippen MR) is 229 cm³/mol. The summed E-state index contributed by atoms with van der Waals surface area (Å²) in [6.45, 7) is 0. The van der Waals surface area contributed by atoms with Crippen molar-refractivity contribution in [1.82, 2.24) is 0 Å². The summed E-state index contributed by atoms with van der Waals surface area (Å²) in [5, 5.41) is 38.9. The van der Waals surface area contributed by atoms with Crippen molar-refractivity contribution in [3.05, 3.63) is 107 Å². The molecule has 324 valence electrons. The maximum Gasteiger partial charge on any atom is 0.299 e. The van der Waals surface area contributed by atoms with Crippen LogP contribution in [0.25, 0.3) is 33.7 Å². The van der Waals surface area contributed by atoms with E-state index in [1.54, 1.807) is 18.2 Å². The first kappa shape index (κ1) is 45.2. The zero-order valence-electron chi connectivity index (χ0n) is 32.1. The van der Waals surface area contributed by atoms with Gasteiger partial charge in [-0.05, 0) is 76.0 Å². The van der Waals surface area contributed by atoms with Crippen molar-refractivity contribution in [2.45, 2.75) is 21.3 Å². The third kappa shape index (κ3) is 9.87. The molecule has 0 fully saturated rings. The zero-order valence-corrected chi connectivity index (χ0v) is 35.4. The van der Waals surface area contributed by atoms with E-state index >= 15 is 0 Å². The van der Waals surface area contributed by atoms with Crippen LogP contribution in [0.2, 0.25) is 0 Å². The van der Waals surface area contributed by atoms with Crippen molar-refractivity contribution in [1.29, 1.82) is 0 Å². The van der Waals surface area contributed by atoms with Gasteiger partial charge < -0.3 is 21.7 Å². The Morgan fingerprint density at radius 3 is 1.58 bits per heavy atom. The van der Waals surface area contributed by atoms with Crippen LogP contribution in [-0.4, -0.2) is 67.2 Å². The molecular formula is C38H34N6O14S4. The maximum absolute atomic E-state index is 13.1. The van der Waals surface area contributed by atoms with Crippen LogP contribution in [0.15, 0.2) is 115 Å². The van der Waals surface area contributed by atoms with Crippen molar-refractivity contribution in [3.63, 3.8) is 0 Å². The van der Waals surface area contributed by atoms with Gasteiger partial charge in [0.2, 0.25) is 0 Å². The van der Waals surface area contributed by atoms with Crippen LogP contribution in [0, 0.1) is 0 Å². The number of phenolic OH excluding ortho intramolecular Hbond substituents is 2. The van der Waals surface area contributed by atoms with E-state index < -0.39 is 79.0 Å². The number of nitrogens with zero attached hydrogens (tertiary/aromatic N) is 4. The lowest BCUT2D eigenvalue weighted by atomic mass is 10.0. The Hall–Kier alpha value is -6.38. The topological polar surface area (TPSA) is 337 Å². The molecule has 20 nitrogen and oxygen atoms in total. The number of aromatic hydroxyl groups is 2. The van der Waals surface area contributed by atoms with Gasteiger partial charge in [-0.2, -0.15) is 43.9 Å². The van der Waals surface area contributed by atoms with Gasteiger partial charge in [0, 0.05) is 27.7 Å². The molecule has 0 aromatic heterocycles. The lowest BCUT2D eigenvalue weighted by molar-refractivity contribution is 0.396. The number of rotatable bonds is 14. The highest BCUT2D eigenvalue weighted by Crippen LogP contribution is 2.45. The minimum atomic E-state index is -4.70. The molecule has 6 aromatic carbocycles. The molecule has 6 rings (SSSR count). The van der Waals surface area contributed by atoms with Crippen LogP contribution in [0.5, 0.6) is 11.5 Å². The Morgan fingerprint density at radius 1 is 0.548 bits per heavy atom. The maximum atomic E-state index is 13.1. The van der Waals surface area contributed by atoms with Gasteiger partial charge in [-0.25, -0.2) is 0 Å². The number of hydrogen-bond donors (Lipinski definition) is 6. The average Bonchev–Trinajstić information content (AvgIpc) is 3.18. The number of nitrogen functional groups attached to an aromatic ring is 2. The third-order valence-electron chi connectivity index (χ3n) is 9.08. The van der Waals surface area contributed by atoms with Crippen molar-refractivity contribution in [2.24, 2.45) is 20.5 Å². The second-order valence-corrected chi connectivity index (χ2v) is 19.5. The fourth-order valence-electron chi connectivity index (χ4n) is 6.29. The van der Waals surface area contributed by atoms with Crippen LogP contribution in [0.1, 0.15) is 22.3 Å². The highest BCUT2D eigenvalue weighted by atomic mass is 32.2. The molecule has 0 aliphatic heterocycles. The van der Waals surface area contributed by atoms with Gasteiger partial charge in [0.1, 0.15) is 32.7 Å². The molecule has 0 aliphatic rings. The highest BCUT2D eigenvalue weighted by molar-refractivity contribution is 7.87. The third-order valence-corrected chi connectivity index (χ3v) is 13.1. The molecule has 62 heavy (non-hydrogen) atoms. The second kappa shape index (κ2) is 17.2. The standard InChI is InChI=1S/C38H34N6O14S4/c1-57-61(53,54)31-18-28(42-44-36-32(62(55,56)58-2)17-24-6-4-8-30(40)34(24)38(36)46)14-12-22(31)10-9-21-11-13-27(16-25(21)19-59(47,48)49)41-43-35-26(20-60(50,51)52)15-23-5-3-7-29(39)33(23)37(35)45/h3-18,45-46H,19-20,39-40H2,1-2H3,(H,47,48,49)(H,50,51,52)/b10-9+,43-41?,44-42?. The van der Waals surface area contributed by atoms with Gasteiger partial charge in [-0.1, -0.05) is 48.6 Å². The van der Waals surface area contributed by atoms with Gasteiger partial charge >= 0.3 is 0 Å². The van der Waals surface area contributed by atoms with Crippen molar-refractivity contribution >= 4 is 108 Å². The molecule has 24 heteroatoms. The second-order valence-electron chi connectivity index (χ2n) is 13.2. The van der Waals surface area contributed by atoms with Crippen LogP contribution in [0.4, 0.5) is 34.1 Å². The van der Waals surface area contributed by atoms with Gasteiger partial charge in [-0.3, -0.25) is 17.5 Å². The summed E-state index contributed by atoms with van der Waals surface area (Å²) in [6, 6.07) is 19.1. The number of anilines is 2. The summed E-state index contributed by atoms with van der Waals surface area (Å²) in [7, 11) is -16.5. The number of fused-ring (bicyclic) bond motifs is 2. The van der Waals surface area contributed by atoms with Crippen molar-refractivity contribution < 1.29 is 61.4 Å². The first-order valence-electron chi connectivity index (χ1n) is 17.4. The molecule has 0 spiro atoms. The average molecular weight is 927 g/mol. The van der Waals surface area contributed by atoms with E-state index in [0.717, 1.165) is 20.3 Å². The first-order chi connectivity index (χ1) is 29.0. The molecule has 0 radical (unpaired) electrons. The quantitative estimate of drug-likeness (QED) is 0.0210. The summed E-state index contributed by atoms with van der Waals surface area (Å²) in [5.41, 5.74) is 11.1. The minimum Gasteiger partial charge on any atom is -0.505 e. The number of benzene rings is 6. The van der Waals surface area contributed by atoms with Crippen LogP contribution < -0.4 is 11.5 Å². The van der Waals surface area contributed by atoms with E-state index in [1.807, 2.05) is 0 Å². The molecule has 0 unspecified atom stereocenters. The summed E-state index contributed by atoms with van der Waals surface area (Å²) >= 11 is 0. The summed E-state index contributed by atoms with van der Waals surface area (Å²) < 4.78 is 129. The Labute approximate surface area is 354 Å². The Kier molecular flexibility index (Phi) is 12.5. The van der Waals surface area contributed by atoms with Crippen molar-refractivity contribution in [3.8, 4) is 11.5 Å². The molecule has 0 aliphatic carbocycles. The van der Waals surface area contributed by atoms with Crippen LogP contribution in [-0.2, 0) is 60.3 Å². The lowest BCUT2D eigenvalue weighted by Gasteiger charge is -2.12. The van der Waals surface area contributed by atoms with Gasteiger partial charge in [0.15, 0.2) is 11.5 Å². The molecule has 0 bridgehead atoms. The van der Waals surface area contributed by atoms with E-state index in [-0.39, 0.29) is 66.8 Å². The summed E-state index contributed by atoms with van der Waals surface area (Å²) in [4.78, 5) is -1.03. The Balaban J connectivity index is 1.40. The van der Waals surface area contributed by atoms with Crippen molar-refractivity contribution in [2.75, 3.05) is 25.7 Å². The highest BCUT2D eigenvalue weighted by Gasteiger charge is 2.25. The number of phenols is 2. The lowest BCUT2D eigenvalue weighted by Crippen LogP contribution is -2.05. The summed E-state index contributed by atoms with van der Waals surface area (Å²) in [5.74, 6) is -3.10. The number of nitrogens with two attached hydrogens (primary N) is 2. The molecule has 0 saturated carbocycles. The van der Waals surface area contributed by atoms with Gasteiger partial charge in [-0.15, -0.1) is 10.2 Å². The van der Waals surface area contributed by atoms with Gasteiger partial charge in [0.05, 0.1) is 25.6 Å².